The highest BCUT2D eigenvalue weighted by molar-refractivity contribution is 5.67. The Morgan fingerprint density at radius 2 is 2.00 bits per heavy atom. The molecule has 0 saturated heterocycles. The van der Waals surface area contributed by atoms with Crippen LogP contribution in [0.5, 0.6) is 5.75 Å². The first-order valence-corrected chi connectivity index (χ1v) is 5.36. The molecular weight excluding hydrogens is 204 g/mol. The van der Waals surface area contributed by atoms with E-state index in [1.54, 1.807) is 6.92 Å². The van der Waals surface area contributed by atoms with E-state index in [1.807, 2.05) is 26.8 Å². The van der Waals surface area contributed by atoms with Crippen LogP contribution in [0.2, 0.25) is 0 Å². The van der Waals surface area contributed by atoms with Crippen LogP contribution >= 0.6 is 0 Å². The number of carboxylic acid groups (broad SMARTS) is 1. The Bertz CT molecular complexity index is 396. The van der Waals surface area contributed by atoms with Gasteiger partial charge in [0.05, 0.1) is 6.42 Å². The second-order valence-electron chi connectivity index (χ2n) is 4.23. The molecule has 3 nitrogen and oxygen atoms in total. The number of ether oxygens (including phenoxy) is 1. The average molecular weight is 222 g/mol. The lowest BCUT2D eigenvalue weighted by atomic mass is 10.1. The number of carboxylic acids is 1. The molecule has 88 valence electrons. The van der Waals surface area contributed by atoms with Gasteiger partial charge < -0.3 is 9.84 Å². The van der Waals surface area contributed by atoms with Crippen molar-refractivity contribution in [2.24, 2.45) is 0 Å². The molecule has 0 aromatic heterocycles. The van der Waals surface area contributed by atoms with E-state index in [-0.39, 0.29) is 12.5 Å². The van der Waals surface area contributed by atoms with Crippen molar-refractivity contribution in [1.82, 2.24) is 0 Å². The number of rotatable bonds is 4. The second kappa shape index (κ2) is 5.01. The summed E-state index contributed by atoms with van der Waals surface area (Å²) < 4.78 is 5.64. The Morgan fingerprint density at radius 3 is 2.56 bits per heavy atom. The topological polar surface area (TPSA) is 46.5 Å². The van der Waals surface area contributed by atoms with Gasteiger partial charge in [0.2, 0.25) is 0 Å². The van der Waals surface area contributed by atoms with Gasteiger partial charge in [0.1, 0.15) is 11.9 Å². The largest absolute Gasteiger partial charge is 0.490 e. The van der Waals surface area contributed by atoms with Crippen molar-refractivity contribution in [2.75, 3.05) is 0 Å². The molecule has 0 aliphatic rings. The second-order valence-corrected chi connectivity index (χ2v) is 4.23. The Kier molecular flexibility index (Phi) is 3.93. The molecular formula is C13H18O3. The van der Waals surface area contributed by atoms with E-state index in [4.69, 9.17) is 9.84 Å². The normalized spacial score (nSPS) is 12.2. The van der Waals surface area contributed by atoms with E-state index in [0.717, 1.165) is 22.4 Å². The molecule has 16 heavy (non-hydrogen) atoms. The molecule has 0 radical (unpaired) electrons. The van der Waals surface area contributed by atoms with Crippen molar-refractivity contribution >= 4 is 5.97 Å². The van der Waals surface area contributed by atoms with Gasteiger partial charge in [-0.3, -0.25) is 4.79 Å². The predicted octanol–water partition coefficient (Wildman–Crippen LogP) is 2.85. The molecule has 0 fully saturated rings. The van der Waals surface area contributed by atoms with Crippen molar-refractivity contribution in [3.63, 3.8) is 0 Å². The van der Waals surface area contributed by atoms with Crippen LogP contribution in [0.25, 0.3) is 0 Å². The highest BCUT2D eigenvalue weighted by atomic mass is 16.5. The van der Waals surface area contributed by atoms with E-state index in [1.165, 1.54) is 0 Å². The summed E-state index contributed by atoms with van der Waals surface area (Å²) in [6.45, 7) is 7.78. The number of benzene rings is 1. The fourth-order valence-corrected chi connectivity index (χ4v) is 1.63. The minimum atomic E-state index is -0.838. The molecule has 0 spiro atoms. The lowest BCUT2D eigenvalue weighted by Gasteiger charge is -2.16. The van der Waals surface area contributed by atoms with Crippen LogP contribution in [-0.2, 0) is 4.79 Å². The van der Waals surface area contributed by atoms with E-state index in [9.17, 15) is 4.79 Å². The van der Waals surface area contributed by atoms with Gasteiger partial charge in [0.25, 0.3) is 0 Å². The van der Waals surface area contributed by atoms with Gasteiger partial charge >= 0.3 is 5.97 Å². The monoisotopic (exact) mass is 222 g/mol. The van der Waals surface area contributed by atoms with Gasteiger partial charge in [-0.1, -0.05) is 6.07 Å². The van der Waals surface area contributed by atoms with Crippen molar-refractivity contribution in [1.29, 1.82) is 0 Å². The molecule has 1 rings (SSSR count). The molecule has 0 aliphatic carbocycles. The smallest absolute Gasteiger partial charge is 0.307 e. The molecule has 1 aromatic rings. The maximum absolute atomic E-state index is 10.5. The molecule has 0 saturated carbocycles. The number of carbonyl (C=O) groups is 1. The Balaban J connectivity index is 2.84. The van der Waals surface area contributed by atoms with E-state index in [2.05, 4.69) is 6.07 Å². The number of aliphatic carboxylic acids is 1. The van der Waals surface area contributed by atoms with E-state index in [0.29, 0.717) is 0 Å². The minimum Gasteiger partial charge on any atom is -0.490 e. The fourth-order valence-electron chi connectivity index (χ4n) is 1.63. The SMILES string of the molecule is Cc1cc(C)c(C)c(O[C@H](C)CC(=O)O)c1. The Labute approximate surface area is 96.1 Å². The number of hydrogen-bond donors (Lipinski definition) is 1. The van der Waals surface area contributed by atoms with Crippen LogP contribution in [0.15, 0.2) is 12.1 Å². The van der Waals surface area contributed by atoms with Crippen LogP contribution in [0, 0.1) is 20.8 Å². The van der Waals surface area contributed by atoms with Crippen LogP contribution in [0.4, 0.5) is 0 Å². The molecule has 0 amide bonds. The van der Waals surface area contributed by atoms with Crippen molar-refractivity contribution in [3.05, 3.63) is 28.8 Å². The van der Waals surface area contributed by atoms with Crippen molar-refractivity contribution < 1.29 is 14.6 Å². The zero-order valence-electron chi connectivity index (χ0n) is 10.2. The number of aryl methyl sites for hydroxylation is 2. The highest BCUT2D eigenvalue weighted by Crippen LogP contribution is 2.24. The molecule has 1 aromatic carbocycles. The van der Waals surface area contributed by atoms with Crippen LogP contribution in [0.3, 0.4) is 0 Å². The summed E-state index contributed by atoms with van der Waals surface area (Å²) in [6, 6.07) is 4.03. The zero-order chi connectivity index (χ0) is 12.3. The standard InChI is InChI=1S/C13H18O3/c1-8-5-9(2)11(4)12(6-8)16-10(3)7-13(14)15/h5-6,10H,7H2,1-4H3,(H,14,15)/t10-/m1/s1. The third kappa shape index (κ3) is 3.26. The molecule has 1 atom stereocenters. The summed E-state index contributed by atoms with van der Waals surface area (Å²) in [5, 5.41) is 8.66. The van der Waals surface area contributed by atoms with Gasteiger partial charge in [0, 0.05) is 0 Å². The summed E-state index contributed by atoms with van der Waals surface area (Å²) in [5.41, 5.74) is 3.36. The third-order valence-corrected chi connectivity index (χ3v) is 2.55. The minimum absolute atomic E-state index is 0.0203. The predicted molar refractivity (Wildman–Crippen MR) is 63.0 cm³/mol. The maximum atomic E-state index is 10.5. The molecule has 1 N–H and O–H groups in total. The Hall–Kier alpha value is -1.51. The van der Waals surface area contributed by atoms with E-state index < -0.39 is 5.97 Å². The van der Waals surface area contributed by atoms with Crippen LogP contribution < -0.4 is 4.74 Å². The average Bonchev–Trinajstić information content (AvgIpc) is 2.11. The van der Waals surface area contributed by atoms with Gasteiger partial charge in [-0.05, 0) is 50.5 Å². The first-order chi connectivity index (χ1) is 7.40. The summed E-state index contributed by atoms with van der Waals surface area (Å²) >= 11 is 0. The first-order valence-electron chi connectivity index (χ1n) is 5.36. The van der Waals surface area contributed by atoms with Gasteiger partial charge in [-0.25, -0.2) is 0 Å². The molecule has 0 unspecified atom stereocenters. The lowest BCUT2D eigenvalue weighted by molar-refractivity contribution is -0.138. The first kappa shape index (κ1) is 12.6. The summed E-state index contributed by atoms with van der Waals surface area (Å²) in [7, 11) is 0. The Morgan fingerprint density at radius 1 is 1.38 bits per heavy atom. The van der Waals surface area contributed by atoms with Gasteiger partial charge in [-0.15, -0.1) is 0 Å². The third-order valence-electron chi connectivity index (χ3n) is 2.55. The lowest BCUT2D eigenvalue weighted by Crippen LogP contribution is -2.17. The maximum Gasteiger partial charge on any atom is 0.307 e. The quantitative estimate of drug-likeness (QED) is 0.852. The summed E-state index contributed by atoms with van der Waals surface area (Å²) in [4.78, 5) is 10.5. The number of hydrogen-bond acceptors (Lipinski definition) is 2. The zero-order valence-corrected chi connectivity index (χ0v) is 10.2. The van der Waals surface area contributed by atoms with Gasteiger partial charge in [-0.2, -0.15) is 0 Å². The van der Waals surface area contributed by atoms with E-state index >= 15 is 0 Å². The molecule has 0 heterocycles. The van der Waals surface area contributed by atoms with Crippen molar-refractivity contribution in [2.45, 2.75) is 40.2 Å². The highest BCUT2D eigenvalue weighted by Gasteiger charge is 2.11. The van der Waals surface area contributed by atoms with Gasteiger partial charge in [0.15, 0.2) is 0 Å². The molecule has 3 heteroatoms. The molecule has 0 aliphatic heterocycles. The van der Waals surface area contributed by atoms with Crippen molar-refractivity contribution in [3.8, 4) is 5.75 Å². The molecule has 0 bridgehead atoms. The summed E-state index contributed by atoms with van der Waals surface area (Å²) in [6.07, 6.45) is -0.288. The fraction of sp³-hybridized carbons (Fsp3) is 0.462. The van der Waals surface area contributed by atoms with Crippen LogP contribution in [-0.4, -0.2) is 17.2 Å². The van der Waals surface area contributed by atoms with Crippen LogP contribution in [0.1, 0.15) is 30.0 Å². The summed E-state index contributed by atoms with van der Waals surface area (Å²) in [5.74, 6) is -0.0548.